The molecule has 0 radical (unpaired) electrons. The highest BCUT2D eigenvalue weighted by molar-refractivity contribution is 8.00. The van der Waals surface area contributed by atoms with Gasteiger partial charge in [0.1, 0.15) is 10.8 Å². The maximum absolute atomic E-state index is 12.2. The van der Waals surface area contributed by atoms with E-state index in [9.17, 15) is 9.59 Å². The molecule has 1 aromatic heterocycles. The molecule has 0 saturated carbocycles. The molecule has 2 amide bonds. The summed E-state index contributed by atoms with van der Waals surface area (Å²) in [5.74, 6) is 0.622. The summed E-state index contributed by atoms with van der Waals surface area (Å²) in [5.41, 5.74) is 1.72. The minimum absolute atomic E-state index is 0.130. The largest absolute Gasteiger partial charge is 0.497 e. The summed E-state index contributed by atoms with van der Waals surface area (Å²) in [4.78, 5) is 25.4. The Morgan fingerprint density at radius 1 is 1.13 bits per heavy atom. The summed E-state index contributed by atoms with van der Waals surface area (Å²) in [7, 11) is 1.56. The van der Waals surface area contributed by atoms with Crippen molar-refractivity contribution in [3.8, 4) is 5.75 Å². The molecule has 0 atom stereocenters. The quantitative estimate of drug-likeness (QED) is 0.492. The van der Waals surface area contributed by atoms with Gasteiger partial charge in [-0.1, -0.05) is 35.1 Å². The van der Waals surface area contributed by atoms with Gasteiger partial charge in [0.25, 0.3) is 5.91 Å². The van der Waals surface area contributed by atoms with E-state index in [0.717, 1.165) is 9.90 Å². The van der Waals surface area contributed by atoms with Crippen LogP contribution in [0.25, 0.3) is 0 Å². The first kappa shape index (κ1) is 21.8. The molecule has 0 unspecified atom stereocenters. The molecule has 2 N–H and O–H groups in total. The Morgan fingerprint density at radius 2 is 1.93 bits per heavy atom. The zero-order chi connectivity index (χ0) is 21.3. The zero-order valence-corrected chi connectivity index (χ0v) is 18.3. The van der Waals surface area contributed by atoms with Crippen molar-refractivity contribution in [3.63, 3.8) is 0 Å². The second-order valence-corrected chi connectivity index (χ2v) is 8.50. The predicted octanol–water partition coefficient (Wildman–Crippen LogP) is 3.56. The van der Waals surface area contributed by atoms with E-state index in [2.05, 4.69) is 20.8 Å². The number of carbonyl (C=O) groups excluding carboxylic acids is 2. The standard InChI is InChI=1S/C21H22N4O3S2/c1-14-6-8-17(9-7-14)29-13-18(26)23-21-25-24-19(30-21)10-11-22-20(27)15-4-3-5-16(12-15)28-2/h3-9,12H,10-11,13H2,1-2H3,(H,22,27)(H,23,25,26). The monoisotopic (exact) mass is 442 g/mol. The van der Waals surface area contributed by atoms with Crippen molar-refractivity contribution in [1.29, 1.82) is 0 Å². The summed E-state index contributed by atoms with van der Waals surface area (Å²) in [6.07, 6.45) is 0.529. The van der Waals surface area contributed by atoms with Gasteiger partial charge >= 0.3 is 0 Å². The van der Waals surface area contributed by atoms with Gasteiger partial charge in [-0.2, -0.15) is 0 Å². The van der Waals surface area contributed by atoms with Crippen LogP contribution in [-0.2, 0) is 11.2 Å². The Labute approximate surface area is 183 Å². The number of methoxy groups -OCH3 is 1. The summed E-state index contributed by atoms with van der Waals surface area (Å²) in [5, 5.41) is 14.9. The number of amides is 2. The van der Waals surface area contributed by atoms with Crippen molar-refractivity contribution in [2.24, 2.45) is 0 Å². The van der Waals surface area contributed by atoms with Crippen LogP contribution in [0, 0.1) is 6.92 Å². The lowest BCUT2D eigenvalue weighted by molar-refractivity contribution is -0.113. The molecule has 1 heterocycles. The second kappa shape index (κ2) is 10.7. The van der Waals surface area contributed by atoms with Crippen LogP contribution in [-0.4, -0.2) is 41.4 Å². The second-order valence-electron chi connectivity index (χ2n) is 6.39. The van der Waals surface area contributed by atoms with Crippen molar-refractivity contribution in [2.75, 3.05) is 24.7 Å². The summed E-state index contributed by atoms with van der Waals surface area (Å²) in [6, 6.07) is 15.0. The van der Waals surface area contributed by atoms with E-state index in [4.69, 9.17) is 4.74 Å². The number of nitrogens with one attached hydrogen (secondary N) is 2. The Morgan fingerprint density at radius 3 is 2.70 bits per heavy atom. The first-order valence-corrected chi connectivity index (χ1v) is 11.1. The summed E-state index contributed by atoms with van der Waals surface area (Å²) < 4.78 is 5.13. The number of benzene rings is 2. The van der Waals surface area contributed by atoms with E-state index in [1.807, 2.05) is 31.2 Å². The number of nitrogens with zero attached hydrogens (tertiary/aromatic N) is 2. The van der Waals surface area contributed by atoms with Crippen molar-refractivity contribution in [3.05, 3.63) is 64.7 Å². The van der Waals surface area contributed by atoms with E-state index in [0.29, 0.717) is 35.2 Å². The van der Waals surface area contributed by atoms with Gasteiger partial charge in [0, 0.05) is 23.4 Å². The third-order valence-electron chi connectivity index (χ3n) is 4.06. The van der Waals surface area contributed by atoms with Crippen LogP contribution in [0.5, 0.6) is 5.75 Å². The highest BCUT2D eigenvalue weighted by Crippen LogP contribution is 2.20. The van der Waals surface area contributed by atoms with Crippen LogP contribution in [0.3, 0.4) is 0 Å². The van der Waals surface area contributed by atoms with Crippen LogP contribution in [0.1, 0.15) is 20.9 Å². The molecule has 7 nitrogen and oxygen atoms in total. The van der Waals surface area contributed by atoms with Gasteiger partial charge in [-0.3, -0.25) is 14.9 Å². The molecule has 0 fully saturated rings. The molecule has 0 saturated heterocycles. The molecule has 0 aliphatic heterocycles. The normalized spacial score (nSPS) is 10.5. The summed E-state index contributed by atoms with van der Waals surface area (Å²) >= 11 is 2.77. The maximum Gasteiger partial charge on any atom is 0.251 e. The van der Waals surface area contributed by atoms with Gasteiger partial charge in [-0.25, -0.2) is 0 Å². The van der Waals surface area contributed by atoms with Gasteiger partial charge in [0.05, 0.1) is 12.9 Å². The van der Waals surface area contributed by atoms with Crippen LogP contribution < -0.4 is 15.4 Å². The van der Waals surface area contributed by atoms with E-state index < -0.39 is 0 Å². The molecule has 156 valence electrons. The van der Waals surface area contributed by atoms with Gasteiger partial charge in [-0.15, -0.1) is 22.0 Å². The molecular formula is C21H22N4O3S2. The Balaban J connectivity index is 1.41. The number of aryl methyl sites for hydroxylation is 1. The first-order chi connectivity index (χ1) is 14.5. The number of carbonyl (C=O) groups is 2. The minimum Gasteiger partial charge on any atom is -0.497 e. The summed E-state index contributed by atoms with van der Waals surface area (Å²) in [6.45, 7) is 2.44. The molecule has 3 rings (SSSR count). The lowest BCUT2D eigenvalue weighted by Crippen LogP contribution is -2.25. The third kappa shape index (κ3) is 6.57. The first-order valence-electron chi connectivity index (χ1n) is 9.27. The smallest absolute Gasteiger partial charge is 0.251 e. The Hall–Kier alpha value is -2.91. The number of hydrogen-bond acceptors (Lipinski definition) is 7. The van der Waals surface area contributed by atoms with Crippen molar-refractivity contribution in [1.82, 2.24) is 15.5 Å². The molecule has 9 heteroatoms. The van der Waals surface area contributed by atoms with Crippen LogP contribution in [0.15, 0.2) is 53.4 Å². The van der Waals surface area contributed by atoms with E-state index in [-0.39, 0.29) is 11.8 Å². The average molecular weight is 443 g/mol. The SMILES string of the molecule is COc1cccc(C(=O)NCCc2nnc(NC(=O)CSc3ccc(C)cc3)s2)c1. The average Bonchev–Trinajstić information content (AvgIpc) is 3.20. The van der Waals surface area contributed by atoms with Crippen LogP contribution in [0.2, 0.25) is 0 Å². The lowest BCUT2D eigenvalue weighted by Gasteiger charge is -2.05. The van der Waals surface area contributed by atoms with E-state index >= 15 is 0 Å². The number of anilines is 1. The topological polar surface area (TPSA) is 93.2 Å². The molecule has 0 spiro atoms. The fourth-order valence-electron chi connectivity index (χ4n) is 2.49. The highest BCUT2D eigenvalue weighted by atomic mass is 32.2. The minimum atomic E-state index is -0.180. The molecule has 0 aliphatic rings. The number of aromatic nitrogens is 2. The predicted molar refractivity (Wildman–Crippen MR) is 119 cm³/mol. The Kier molecular flexibility index (Phi) is 7.81. The van der Waals surface area contributed by atoms with Crippen molar-refractivity contribution in [2.45, 2.75) is 18.2 Å². The molecule has 3 aromatic rings. The number of ether oxygens (including phenoxy) is 1. The van der Waals surface area contributed by atoms with E-state index in [1.165, 1.54) is 28.7 Å². The van der Waals surface area contributed by atoms with Gasteiger partial charge in [0.2, 0.25) is 11.0 Å². The lowest BCUT2D eigenvalue weighted by atomic mass is 10.2. The van der Waals surface area contributed by atoms with Crippen LogP contribution >= 0.6 is 23.1 Å². The maximum atomic E-state index is 12.2. The Bertz CT molecular complexity index is 1010. The molecule has 0 bridgehead atoms. The van der Waals surface area contributed by atoms with Crippen molar-refractivity contribution >= 4 is 40.0 Å². The fraction of sp³-hybridized carbons (Fsp3) is 0.238. The van der Waals surface area contributed by atoms with Gasteiger partial charge in [-0.05, 0) is 37.3 Å². The highest BCUT2D eigenvalue weighted by Gasteiger charge is 2.10. The van der Waals surface area contributed by atoms with E-state index in [1.54, 1.807) is 31.4 Å². The van der Waals surface area contributed by atoms with Crippen LogP contribution in [0.4, 0.5) is 5.13 Å². The molecule has 2 aromatic carbocycles. The van der Waals surface area contributed by atoms with Crippen molar-refractivity contribution < 1.29 is 14.3 Å². The number of thioether (sulfide) groups is 1. The van der Waals surface area contributed by atoms with Gasteiger partial charge < -0.3 is 10.1 Å². The zero-order valence-electron chi connectivity index (χ0n) is 16.7. The third-order valence-corrected chi connectivity index (χ3v) is 5.97. The number of rotatable bonds is 9. The molecule has 30 heavy (non-hydrogen) atoms. The fourth-order valence-corrected chi connectivity index (χ4v) is 3.95. The number of hydrogen-bond donors (Lipinski definition) is 2. The molecular weight excluding hydrogens is 420 g/mol. The molecule has 0 aliphatic carbocycles. The van der Waals surface area contributed by atoms with Gasteiger partial charge in [0.15, 0.2) is 0 Å².